The molecule has 0 rings (SSSR count). The van der Waals surface area contributed by atoms with E-state index >= 15 is 0 Å². The van der Waals surface area contributed by atoms with Gasteiger partial charge in [0.15, 0.2) is 0 Å². The Balaban J connectivity index is 3.44. The Kier molecular flexibility index (Phi) is 53.5. The molecule has 3 N–H and O–H groups in total. The first-order valence-corrected chi connectivity index (χ1v) is 29.1. The van der Waals surface area contributed by atoms with Crippen LogP contribution in [0, 0.1) is 0 Å². The maximum Gasteiger partial charge on any atom is 0.305 e. The van der Waals surface area contributed by atoms with Crippen molar-refractivity contribution in [2.24, 2.45) is 0 Å². The van der Waals surface area contributed by atoms with Gasteiger partial charge in [-0.1, -0.05) is 269 Å². The summed E-state index contributed by atoms with van der Waals surface area (Å²) in [6.07, 6.45) is 66.2. The van der Waals surface area contributed by atoms with Gasteiger partial charge in [0, 0.05) is 12.8 Å². The number of allylic oxidation sites excluding steroid dienone is 3. The molecule has 384 valence electrons. The van der Waals surface area contributed by atoms with E-state index in [0.717, 1.165) is 51.4 Å². The standard InChI is InChI=1S/C59H113NO5/c1-3-5-7-9-11-13-15-17-19-20-21-25-29-33-37-41-45-49-53-59(64)65-54-50-46-42-38-34-30-26-22-24-28-32-36-40-44-48-52-58(63)60-56(55-61)57(62)51-47-43-39-35-31-27-23-18-16-14-12-10-8-6-4-2/h19-20,47,51,56-57,61-62H,3-18,21-46,48-50,52-55H2,1-2H3,(H,60,63)/b20-19-,51-47+. The fourth-order valence-corrected chi connectivity index (χ4v) is 8.98. The highest BCUT2D eigenvalue weighted by molar-refractivity contribution is 5.76. The van der Waals surface area contributed by atoms with E-state index in [-0.39, 0.29) is 18.5 Å². The lowest BCUT2D eigenvalue weighted by Crippen LogP contribution is -2.45. The SMILES string of the molecule is CCCCCCCCC/C=C\CCCCCCCCCC(=O)OCCCCCCCCCCCCCCCCCC(=O)NC(CO)C(O)/C=C/CCCCCCCCCCCCCCC. The molecule has 65 heavy (non-hydrogen) atoms. The van der Waals surface area contributed by atoms with Crippen molar-refractivity contribution in [2.45, 2.75) is 328 Å². The van der Waals surface area contributed by atoms with Gasteiger partial charge >= 0.3 is 5.97 Å². The van der Waals surface area contributed by atoms with Crippen LogP contribution in [0.15, 0.2) is 24.3 Å². The van der Waals surface area contributed by atoms with Crippen molar-refractivity contribution in [2.75, 3.05) is 13.2 Å². The van der Waals surface area contributed by atoms with Crippen LogP contribution in [0.1, 0.15) is 316 Å². The number of aliphatic hydroxyl groups is 2. The summed E-state index contributed by atoms with van der Waals surface area (Å²) in [5, 5.41) is 23.1. The Morgan fingerprint density at radius 2 is 0.723 bits per heavy atom. The van der Waals surface area contributed by atoms with Crippen LogP contribution in [0.25, 0.3) is 0 Å². The lowest BCUT2D eigenvalue weighted by molar-refractivity contribution is -0.143. The van der Waals surface area contributed by atoms with E-state index in [9.17, 15) is 19.8 Å². The van der Waals surface area contributed by atoms with E-state index in [1.54, 1.807) is 6.08 Å². The second kappa shape index (κ2) is 54.9. The number of ether oxygens (including phenoxy) is 1. The summed E-state index contributed by atoms with van der Waals surface area (Å²) in [5.74, 6) is -0.0785. The monoisotopic (exact) mass is 916 g/mol. The second-order valence-electron chi connectivity index (χ2n) is 20.0. The van der Waals surface area contributed by atoms with Gasteiger partial charge in [-0.05, 0) is 57.8 Å². The lowest BCUT2D eigenvalue weighted by Gasteiger charge is -2.20. The molecule has 0 aromatic carbocycles. The predicted octanol–water partition coefficient (Wildman–Crippen LogP) is 17.9. The highest BCUT2D eigenvalue weighted by atomic mass is 16.5. The first kappa shape index (κ1) is 63.3. The van der Waals surface area contributed by atoms with Gasteiger partial charge < -0.3 is 20.3 Å². The molecule has 0 spiro atoms. The zero-order valence-electron chi connectivity index (χ0n) is 43.7. The van der Waals surface area contributed by atoms with Crippen LogP contribution in [0.2, 0.25) is 0 Å². The topological polar surface area (TPSA) is 95.9 Å². The van der Waals surface area contributed by atoms with Crippen molar-refractivity contribution in [1.29, 1.82) is 0 Å². The normalized spacial score (nSPS) is 12.7. The molecule has 0 saturated carbocycles. The first-order valence-electron chi connectivity index (χ1n) is 29.1. The molecular formula is C59H113NO5. The predicted molar refractivity (Wildman–Crippen MR) is 283 cm³/mol. The molecule has 2 unspecified atom stereocenters. The molecule has 0 aromatic rings. The van der Waals surface area contributed by atoms with E-state index in [2.05, 4.69) is 31.3 Å². The van der Waals surface area contributed by atoms with Gasteiger partial charge in [0.1, 0.15) is 0 Å². The number of carbonyl (C=O) groups is 2. The Morgan fingerprint density at radius 3 is 1.09 bits per heavy atom. The Bertz CT molecular complexity index is 1010. The average molecular weight is 917 g/mol. The quantitative estimate of drug-likeness (QED) is 0.0321. The number of hydrogen-bond acceptors (Lipinski definition) is 5. The number of aliphatic hydroxyl groups excluding tert-OH is 2. The molecule has 0 radical (unpaired) electrons. The highest BCUT2D eigenvalue weighted by Gasteiger charge is 2.18. The van der Waals surface area contributed by atoms with Gasteiger partial charge in [-0.3, -0.25) is 9.59 Å². The van der Waals surface area contributed by atoms with Gasteiger partial charge in [-0.2, -0.15) is 0 Å². The summed E-state index contributed by atoms with van der Waals surface area (Å²) >= 11 is 0. The fourth-order valence-electron chi connectivity index (χ4n) is 8.98. The Hall–Kier alpha value is -1.66. The third-order valence-electron chi connectivity index (χ3n) is 13.5. The van der Waals surface area contributed by atoms with Crippen molar-refractivity contribution in [3.63, 3.8) is 0 Å². The van der Waals surface area contributed by atoms with E-state index in [1.807, 2.05) is 6.08 Å². The summed E-state index contributed by atoms with van der Waals surface area (Å²) in [7, 11) is 0. The van der Waals surface area contributed by atoms with Crippen molar-refractivity contribution in [3.8, 4) is 0 Å². The molecule has 1 amide bonds. The summed E-state index contributed by atoms with van der Waals surface area (Å²) in [6.45, 7) is 4.89. The third kappa shape index (κ3) is 51.6. The molecule has 0 bridgehead atoms. The van der Waals surface area contributed by atoms with E-state index < -0.39 is 12.1 Å². The van der Waals surface area contributed by atoms with Crippen molar-refractivity contribution >= 4 is 11.9 Å². The number of hydrogen-bond donors (Lipinski definition) is 3. The molecule has 6 heteroatoms. The molecule has 0 aliphatic heterocycles. The summed E-state index contributed by atoms with van der Waals surface area (Å²) in [4.78, 5) is 24.5. The van der Waals surface area contributed by atoms with Crippen LogP contribution in [-0.2, 0) is 14.3 Å². The van der Waals surface area contributed by atoms with Crippen molar-refractivity contribution in [3.05, 3.63) is 24.3 Å². The zero-order chi connectivity index (χ0) is 47.2. The summed E-state index contributed by atoms with van der Waals surface area (Å²) in [5.41, 5.74) is 0. The van der Waals surface area contributed by atoms with Gasteiger partial charge in [0.25, 0.3) is 0 Å². The number of esters is 1. The van der Waals surface area contributed by atoms with Crippen molar-refractivity contribution < 1.29 is 24.5 Å². The largest absolute Gasteiger partial charge is 0.466 e. The average Bonchev–Trinajstić information content (AvgIpc) is 3.31. The van der Waals surface area contributed by atoms with Crippen LogP contribution in [0.4, 0.5) is 0 Å². The number of nitrogens with one attached hydrogen (secondary N) is 1. The molecule has 0 heterocycles. The van der Waals surface area contributed by atoms with E-state index in [1.165, 1.54) is 238 Å². The van der Waals surface area contributed by atoms with Gasteiger partial charge in [0.05, 0.1) is 25.4 Å². The number of amides is 1. The smallest absolute Gasteiger partial charge is 0.305 e. The second-order valence-corrected chi connectivity index (χ2v) is 20.0. The molecule has 0 aromatic heterocycles. The van der Waals surface area contributed by atoms with E-state index in [0.29, 0.717) is 19.4 Å². The van der Waals surface area contributed by atoms with Crippen molar-refractivity contribution in [1.82, 2.24) is 5.32 Å². The van der Waals surface area contributed by atoms with Crippen LogP contribution < -0.4 is 5.32 Å². The molecular weight excluding hydrogens is 803 g/mol. The van der Waals surface area contributed by atoms with Crippen LogP contribution in [0.5, 0.6) is 0 Å². The Morgan fingerprint density at radius 1 is 0.415 bits per heavy atom. The Labute approximate surface area is 405 Å². The third-order valence-corrected chi connectivity index (χ3v) is 13.5. The maximum atomic E-state index is 12.5. The number of carbonyl (C=O) groups excluding carboxylic acids is 2. The fraction of sp³-hybridized carbons (Fsp3) is 0.898. The molecule has 0 aliphatic rings. The minimum absolute atomic E-state index is 0.00312. The lowest BCUT2D eigenvalue weighted by atomic mass is 10.0. The van der Waals surface area contributed by atoms with Crippen LogP contribution >= 0.6 is 0 Å². The van der Waals surface area contributed by atoms with Gasteiger partial charge in [-0.15, -0.1) is 0 Å². The van der Waals surface area contributed by atoms with Crippen LogP contribution in [-0.4, -0.2) is 47.4 Å². The van der Waals surface area contributed by atoms with E-state index in [4.69, 9.17) is 4.74 Å². The summed E-state index contributed by atoms with van der Waals surface area (Å²) < 4.78 is 5.48. The molecule has 0 saturated heterocycles. The number of unbranched alkanes of at least 4 members (excludes halogenated alkanes) is 41. The molecule has 6 nitrogen and oxygen atoms in total. The first-order chi connectivity index (χ1) is 32.0. The maximum absolute atomic E-state index is 12.5. The van der Waals surface area contributed by atoms with Gasteiger partial charge in [0.2, 0.25) is 5.91 Å². The number of rotatable bonds is 54. The molecule has 0 aliphatic carbocycles. The summed E-state index contributed by atoms with van der Waals surface area (Å²) in [6, 6.07) is -0.634. The molecule has 0 fully saturated rings. The minimum atomic E-state index is -0.850. The van der Waals surface area contributed by atoms with Gasteiger partial charge in [-0.25, -0.2) is 0 Å². The zero-order valence-corrected chi connectivity index (χ0v) is 43.7. The highest BCUT2D eigenvalue weighted by Crippen LogP contribution is 2.17. The minimum Gasteiger partial charge on any atom is -0.466 e. The van der Waals surface area contributed by atoms with Crippen LogP contribution in [0.3, 0.4) is 0 Å². The molecule has 2 atom stereocenters.